The van der Waals surface area contributed by atoms with Crippen molar-refractivity contribution in [2.45, 2.75) is 42.8 Å². The monoisotopic (exact) mass is 454 g/mol. The Morgan fingerprint density at radius 1 is 1.26 bits per heavy atom. The number of halogens is 1. The van der Waals surface area contributed by atoms with E-state index in [4.69, 9.17) is 33.0 Å². The number of hydrogen-bond acceptors (Lipinski definition) is 8. The predicted molar refractivity (Wildman–Crippen MR) is 126 cm³/mol. The summed E-state index contributed by atoms with van der Waals surface area (Å²) in [6.07, 6.45) is 1.73. The van der Waals surface area contributed by atoms with E-state index in [0.717, 1.165) is 64.3 Å². The van der Waals surface area contributed by atoms with E-state index in [1.807, 2.05) is 25.1 Å². The minimum absolute atomic E-state index is 0.137. The third-order valence-electron chi connectivity index (χ3n) is 5.52. The molecular formula is C21H23ClN8S. The molecule has 8 nitrogen and oxygen atoms in total. The number of aromatic nitrogens is 5. The first kappa shape index (κ1) is 20.3. The van der Waals surface area contributed by atoms with E-state index in [1.165, 1.54) is 11.8 Å². The first-order valence-electron chi connectivity index (χ1n) is 10.2. The van der Waals surface area contributed by atoms with Crippen LogP contribution < -0.4 is 16.4 Å². The number of hydrogen-bond donors (Lipinski definition) is 3. The van der Waals surface area contributed by atoms with Gasteiger partial charge in [-0.1, -0.05) is 18.5 Å². The molecule has 4 heterocycles. The third-order valence-corrected chi connectivity index (χ3v) is 6.79. The van der Waals surface area contributed by atoms with Gasteiger partial charge in [-0.2, -0.15) is 0 Å². The summed E-state index contributed by atoms with van der Waals surface area (Å²) < 4.78 is 0. The summed E-state index contributed by atoms with van der Waals surface area (Å²) in [7, 11) is 0. The Kier molecular flexibility index (Phi) is 5.11. The molecule has 0 spiro atoms. The number of nitrogens with zero attached hydrogens (tertiary/aromatic N) is 5. The van der Waals surface area contributed by atoms with Gasteiger partial charge in [-0.3, -0.25) is 0 Å². The number of aromatic amines is 1. The lowest BCUT2D eigenvalue weighted by molar-refractivity contribution is 0.751. The molecule has 0 saturated carbocycles. The molecule has 1 aromatic carbocycles. The van der Waals surface area contributed by atoms with Crippen LogP contribution in [0.25, 0.3) is 21.9 Å². The summed E-state index contributed by atoms with van der Waals surface area (Å²) in [5.74, 6) is 1.97. The Morgan fingerprint density at radius 3 is 2.84 bits per heavy atom. The minimum Gasteiger partial charge on any atom is -0.383 e. The highest BCUT2D eigenvalue weighted by Crippen LogP contribution is 2.38. The van der Waals surface area contributed by atoms with Crippen LogP contribution >= 0.6 is 23.4 Å². The Labute approximate surface area is 188 Å². The van der Waals surface area contributed by atoms with Gasteiger partial charge in [0.05, 0.1) is 15.9 Å². The first-order valence-corrected chi connectivity index (χ1v) is 11.4. The van der Waals surface area contributed by atoms with E-state index in [2.05, 4.69) is 26.8 Å². The normalized spacial score (nSPS) is 16.6. The highest BCUT2D eigenvalue weighted by molar-refractivity contribution is 7.99. The molecule has 10 heteroatoms. The molecule has 1 saturated heterocycles. The van der Waals surface area contributed by atoms with Crippen molar-refractivity contribution < 1.29 is 0 Å². The molecule has 5 N–H and O–H groups in total. The van der Waals surface area contributed by atoms with E-state index in [1.54, 1.807) is 0 Å². The van der Waals surface area contributed by atoms with Crippen molar-refractivity contribution >= 4 is 56.9 Å². The van der Waals surface area contributed by atoms with Crippen molar-refractivity contribution in [1.82, 2.24) is 24.9 Å². The van der Waals surface area contributed by atoms with E-state index in [-0.39, 0.29) is 6.04 Å². The van der Waals surface area contributed by atoms with Crippen LogP contribution in [0.3, 0.4) is 0 Å². The van der Waals surface area contributed by atoms with Crippen LogP contribution in [0.2, 0.25) is 5.02 Å². The maximum Gasteiger partial charge on any atom is 0.196 e. The number of H-pyrrole nitrogens is 1. The molecular weight excluding hydrogens is 432 g/mol. The summed E-state index contributed by atoms with van der Waals surface area (Å²) >= 11 is 8.16. The summed E-state index contributed by atoms with van der Waals surface area (Å²) in [6.45, 7) is 5.51. The number of aryl methyl sites for hydroxylation is 2. The Bertz CT molecular complexity index is 1300. The van der Waals surface area contributed by atoms with Crippen molar-refractivity contribution in [3.05, 3.63) is 34.7 Å². The van der Waals surface area contributed by atoms with Crippen LogP contribution in [0.4, 0.5) is 11.6 Å². The topological polar surface area (TPSA) is 123 Å². The molecule has 0 aliphatic carbocycles. The molecule has 1 atom stereocenters. The van der Waals surface area contributed by atoms with Crippen molar-refractivity contribution in [1.29, 1.82) is 0 Å². The van der Waals surface area contributed by atoms with Gasteiger partial charge in [-0.15, -0.1) is 0 Å². The van der Waals surface area contributed by atoms with Gasteiger partial charge < -0.3 is 21.4 Å². The SMILES string of the molecule is CCc1[nH]c2nc(Sc3ccc4c(N)nc(C)nc4c3)nc(N3CCC(N)C3)c2c1Cl. The maximum absolute atomic E-state index is 6.68. The molecule has 31 heavy (non-hydrogen) atoms. The van der Waals surface area contributed by atoms with E-state index in [9.17, 15) is 0 Å². The highest BCUT2D eigenvalue weighted by Gasteiger charge is 2.26. The lowest BCUT2D eigenvalue weighted by Crippen LogP contribution is -2.27. The second kappa shape index (κ2) is 7.81. The fourth-order valence-electron chi connectivity index (χ4n) is 3.99. The van der Waals surface area contributed by atoms with Crippen molar-refractivity contribution in [2.75, 3.05) is 23.7 Å². The van der Waals surface area contributed by atoms with Crippen LogP contribution in [-0.2, 0) is 6.42 Å². The second-order valence-electron chi connectivity index (χ2n) is 7.76. The van der Waals surface area contributed by atoms with Crippen LogP contribution in [0.15, 0.2) is 28.3 Å². The average molecular weight is 455 g/mol. The molecule has 1 aliphatic rings. The smallest absolute Gasteiger partial charge is 0.196 e. The molecule has 5 rings (SSSR count). The highest BCUT2D eigenvalue weighted by atomic mass is 35.5. The first-order chi connectivity index (χ1) is 14.9. The fraction of sp³-hybridized carbons (Fsp3) is 0.333. The average Bonchev–Trinajstić information content (AvgIpc) is 3.30. The largest absolute Gasteiger partial charge is 0.383 e. The lowest BCUT2D eigenvalue weighted by Gasteiger charge is -2.18. The van der Waals surface area contributed by atoms with Crippen LogP contribution in [-0.4, -0.2) is 44.1 Å². The molecule has 160 valence electrons. The van der Waals surface area contributed by atoms with Gasteiger partial charge in [-0.25, -0.2) is 19.9 Å². The Balaban J connectivity index is 1.59. The zero-order valence-electron chi connectivity index (χ0n) is 17.3. The van der Waals surface area contributed by atoms with Crippen LogP contribution in [0.5, 0.6) is 0 Å². The maximum atomic E-state index is 6.68. The number of nitrogens with one attached hydrogen (secondary N) is 1. The lowest BCUT2D eigenvalue weighted by atomic mass is 10.2. The minimum atomic E-state index is 0.137. The third kappa shape index (κ3) is 3.66. The molecule has 4 aromatic rings. The van der Waals surface area contributed by atoms with Crippen molar-refractivity contribution in [3.63, 3.8) is 0 Å². The summed E-state index contributed by atoms with van der Waals surface area (Å²) in [6, 6.07) is 6.05. The van der Waals surface area contributed by atoms with E-state index >= 15 is 0 Å². The molecule has 0 amide bonds. The summed E-state index contributed by atoms with van der Waals surface area (Å²) in [5, 5.41) is 3.04. The molecule has 3 aromatic heterocycles. The molecule has 1 unspecified atom stereocenters. The zero-order valence-corrected chi connectivity index (χ0v) is 18.9. The zero-order chi connectivity index (χ0) is 21.7. The predicted octanol–water partition coefficient (Wildman–Crippen LogP) is 3.70. The van der Waals surface area contributed by atoms with Crippen molar-refractivity contribution in [3.8, 4) is 0 Å². The van der Waals surface area contributed by atoms with Crippen molar-refractivity contribution in [2.24, 2.45) is 5.73 Å². The van der Waals surface area contributed by atoms with E-state index in [0.29, 0.717) is 21.8 Å². The number of nitrogens with two attached hydrogens (primary N) is 2. The summed E-state index contributed by atoms with van der Waals surface area (Å²) in [5.41, 5.74) is 14.7. The van der Waals surface area contributed by atoms with Gasteiger partial charge in [0.15, 0.2) is 5.16 Å². The van der Waals surface area contributed by atoms with E-state index < -0.39 is 0 Å². The number of benzene rings is 1. The van der Waals surface area contributed by atoms with Gasteiger partial charge in [-0.05, 0) is 49.7 Å². The quantitative estimate of drug-likeness (QED) is 0.399. The van der Waals surface area contributed by atoms with Gasteiger partial charge in [0.1, 0.15) is 23.1 Å². The summed E-state index contributed by atoms with van der Waals surface area (Å²) in [4.78, 5) is 25.0. The molecule has 0 bridgehead atoms. The molecule has 1 fully saturated rings. The molecule has 1 aliphatic heterocycles. The number of anilines is 2. The van der Waals surface area contributed by atoms with Gasteiger partial charge in [0, 0.05) is 35.1 Å². The fourth-order valence-corrected chi connectivity index (χ4v) is 5.13. The number of rotatable bonds is 4. The van der Waals surface area contributed by atoms with Gasteiger partial charge in [0.25, 0.3) is 0 Å². The van der Waals surface area contributed by atoms with Crippen LogP contribution in [0, 0.1) is 6.92 Å². The van der Waals surface area contributed by atoms with Gasteiger partial charge in [0.2, 0.25) is 0 Å². The number of fused-ring (bicyclic) bond motifs is 2. The standard InChI is InChI=1S/C21H23ClN8S/c1-3-14-17(22)16-19(27-14)28-21(29-20(16)30-7-6-11(23)9-30)31-12-4-5-13-15(8-12)25-10(2)26-18(13)24/h4-5,8,11H,3,6-7,9,23H2,1-2H3,(H2,24,25,26)(H,27,28,29). The molecule has 0 radical (unpaired) electrons. The van der Waals surface area contributed by atoms with Gasteiger partial charge >= 0.3 is 0 Å². The Hall–Kier alpha value is -2.62. The number of nitrogen functional groups attached to an aromatic ring is 1. The Morgan fingerprint density at radius 2 is 2.10 bits per heavy atom. The van der Waals surface area contributed by atoms with Crippen LogP contribution in [0.1, 0.15) is 24.9 Å². The second-order valence-corrected chi connectivity index (χ2v) is 9.17.